The summed E-state index contributed by atoms with van der Waals surface area (Å²) < 4.78 is 26.7. The van der Waals surface area contributed by atoms with Crippen molar-refractivity contribution >= 4 is 0 Å². The molecule has 78 valence electrons. The Hall–Kier alpha value is -0.960. The molecule has 0 heterocycles. The van der Waals surface area contributed by atoms with Crippen molar-refractivity contribution in [2.24, 2.45) is 5.92 Å². The monoisotopic (exact) mass is 199 g/mol. The SMILES string of the molecule is CNC(c1c(F)cccc1F)C(C)C. The largest absolute Gasteiger partial charge is 0.313 e. The van der Waals surface area contributed by atoms with Crippen molar-refractivity contribution in [3.8, 4) is 0 Å². The predicted octanol–water partition coefficient (Wildman–Crippen LogP) is 2.88. The second-order valence-corrected chi connectivity index (χ2v) is 3.65. The molecule has 3 heteroatoms. The van der Waals surface area contributed by atoms with Gasteiger partial charge in [0.1, 0.15) is 11.6 Å². The summed E-state index contributed by atoms with van der Waals surface area (Å²) in [5.41, 5.74) is 0.130. The van der Waals surface area contributed by atoms with Gasteiger partial charge < -0.3 is 5.32 Å². The maximum Gasteiger partial charge on any atom is 0.130 e. The van der Waals surface area contributed by atoms with Crippen LogP contribution in [0.5, 0.6) is 0 Å². The molecule has 1 N–H and O–H groups in total. The second-order valence-electron chi connectivity index (χ2n) is 3.65. The Labute approximate surface area is 83.1 Å². The van der Waals surface area contributed by atoms with Gasteiger partial charge in [0.05, 0.1) is 0 Å². The summed E-state index contributed by atoms with van der Waals surface area (Å²) >= 11 is 0. The topological polar surface area (TPSA) is 12.0 Å². The number of halogens is 2. The summed E-state index contributed by atoms with van der Waals surface area (Å²) in [7, 11) is 1.70. The van der Waals surface area contributed by atoms with Crippen molar-refractivity contribution in [2.45, 2.75) is 19.9 Å². The third-order valence-corrected chi connectivity index (χ3v) is 2.29. The molecule has 0 aromatic heterocycles. The number of rotatable bonds is 3. The Bertz CT molecular complexity index is 290. The zero-order chi connectivity index (χ0) is 10.7. The molecule has 1 aromatic rings. The molecule has 0 amide bonds. The lowest BCUT2D eigenvalue weighted by atomic mass is 9.95. The first kappa shape index (κ1) is 11.1. The molecule has 1 atom stereocenters. The van der Waals surface area contributed by atoms with E-state index < -0.39 is 11.6 Å². The van der Waals surface area contributed by atoms with Gasteiger partial charge in [0.2, 0.25) is 0 Å². The van der Waals surface area contributed by atoms with Gasteiger partial charge in [0.25, 0.3) is 0 Å². The zero-order valence-corrected chi connectivity index (χ0v) is 8.64. The lowest BCUT2D eigenvalue weighted by molar-refractivity contribution is 0.404. The second kappa shape index (κ2) is 4.51. The third-order valence-electron chi connectivity index (χ3n) is 2.29. The highest BCUT2D eigenvalue weighted by atomic mass is 19.1. The van der Waals surface area contributed by atoms with Crippen LogP contribution in [0.1, 0.15) is 25.5 Å². The normalized spacial score (nSPS) is 13.3. The van der Waals surface area contributed by atoms with Crippen LogP contribution in [0.4, 0.5) is 8.78 Å². The highest BCUT2D eigenvalue weighted by molar-refractivity contribution is 5.23. The molecule has 0 aliphatic rings. The standard InChI is InChI=1S/C11H15F2N/c1-7(2)11(14-3)10-8(12)5-4-6-9(10)13/h4-7,11,14H,1-3H3. The molecule has 0 saturated heterocycles. The molecule has 1 aromatic carbocycles. The van der Waals surface area contributed by atoms with E-state index in [2.05, 4.69) is 5.32 Å². The molecule has 0 aliphatic heterocycles. The van der Waals surface area contributed by atoms with Gasteiger partial charge in [0.15, 0.2) is 0 Å². The van der Waals surface area contributed by atoms with Crippen LogP contribution in [-0.2, 0) is 0 Å². The van der Waals surface area contributed by atoms with Crippen molar-refractivity contribution in [3.63, 3.8) is 0 Å². The first-order valence-electron chi connectivity index (χ1n) is 4.69. The molecule has 0 radical (unpaired) electrons. The predicted molar refractivity (Wildman–Crippen MR) is 53.0 cm³/mol. The van der Waals surface area contributed by atoms with E-state index in [1.807, 2.05) is 13.8 Å². The fourth-order valence-corrected chi connectivity index (χ4v) is 1.62. The van der Waals surface area contributed by atoms with Crippen molar-refractivity contribution in [3.05, 3.63) is 35.4 Å². The minimum absolute atomic E-state index is 0.130. The smallest absolute Gasteiger partial charge is 0.130 e. The maximum atomic E-state index is 13.4. The average Bonchev–Trinajstić information content (AvgIpc) is 2.10. The van der Waals surface area contributed by atoms with E-state index in [9.17, 15) is 8.78 Å². The van der Waals surface area contributed by atoms with Crippen molar-refractivity contribution < 1.29 is 8.78 Å². The van der Waals surface area contributed by atoms with Crippen LogP contribution in [0.2, 0.25) is 0 Å². The van der Waals surface area contributed by atoms with Crippen LogP contribution >= 0.6 is 0 Å². The Morgan fingerprint density at radius 1 is 1.14 bits per heavy atom. The number of hydrogen-bond acceptors (Lipinski definition) is 1. The van der Waals surface area contributed by atoms with Crippen LogP contribution in [0.15, 0.2) is 18.2 Å². The molecule has 1 rings (SSSR count). The van der Waals surface area contributed by atoms with Crippen LogP contribution < -0.4 is 5.32 Å². The minimum atomic E-state index is -0.488. The Morgan fingerprint density at radius 3 is 2.00 bits per heavy atom. The molecule has 0 bridgehead atoms. The fraction of sp³-hybridized carbons (Fsp3) is 0.455. The fourth-order valence-electron chi connectivity index (χ4n) is 1.62. The molecule has 14 heavy (non-hydrogen) atoms. The maximum absolute atomic E-state index is 13.4. The zero-order valence-electron chi connectivity index (χ0n) is 8.64. The van der Waals surface area contributed by atoms with Crippen LogP contribution in [0, 0.1) is 17.6 Å². The Kier molecular flexibility index (Phi) is 3.58. The molecular formula is C11H15F2N. The van der Waals surface area contributed by atoms with Crippen molar-refractivity contribution in [1.29, 1.82) is 0 Å². The van der Waals surface area contributed by atoms with Gasteiger partial charge >= 0.3 is 0 Å². The van der Waals surface area contributed by atoms with Crippen molar-refractivity contribution in [1.82, 2.24) is 5.32 Å². The minimum Gasteiger partial charge on any atom is -0.313 e. The van der Waals surface area contributed by atoms with E-state index in [0.717, 1.165) is 0 Å². The lowest BCUT2D eigenvalue weighted by Crippen LogP contribution is -2.24. The first-order chi connectivity index (χ1) is 6.57. The molecule has 0 fully saturated rings. The summed E-state index contributed by atoms with van der Waals surface area (Å²) in [6.45, 7) is 3.85. The van der Waals surface area contributed by atoms with Gasteiger partial charge in [-0.2, -0.15) is 0 Å². The van der Waals surface area contributed by atoms with E-state index in [-0.39, 0.29) is 17.5 Å². The first-order valence-corrected chi connectivity index (χ1v) is 4.69. The molecule has 1 nitrogen and oxygen atoms in total. The summed E-state index contributed by atoms with van der Waals surface area (Å²) in [6.07, 6.45) is 0. The molecular weight excluding hydrogens is 184 g/mol. The van der Waals surface area contributed by atoms with Gasteiger partial charge in [0, 0.05) is 11.6 Å². The molecule has 0 saturated carbocycles. The van der Waals surface area contributed by atoms with Gasteiger partial charge in [-0.15, -0.1) is 0 Å². The molecule has 1 unspecified atom stereocenters. The van der Waals surface area contributed by atoms with E-state index in [0.29, 0.717) is 0 Å². The third kappa shape index (κ3) is 2.10. The average molecular weight is 199 g/mol. The van der Waals surface area contributed by atoms with Crippen molar-refractivity contribution in [2.75, 3.05) is 7.05 Å². The highest BCUT2D eigenvalue weighted by Gasteiger charge is 2.20. The van der Waals surface area contributed by atoms with Crippen LogP contribution in [-0.4, -0.2) is 7.05 Å². The van der Waals surface area contributed by atoms with Gasteiger partial charge in [-0.05, 0) is 25.1 Å². The lowest BCUT2D eigenvalue weighted by Gasteiger charge is -2.21. The summed E-state index contributed by atoms with van der Waals surface area (Å²) in [5.74, 6) is -0.831. The summed E-state index contributed by atoms with van der Waals surface area (Å²) in [6, 6.07) is 3.66. The quantitative estimate of drug-likeness (QED) is 0.789. The molecule has 0 aliphatic carbocycles. The van der Waals surface area contributed by atoms with Gasteiger partial charge in [-0.1, -0.05) is 19.9 Å². The van der Waals surface area contributed by atoms with E-state index >= 15 is 0 Å². The summed E-state index contributed by atoms with van der Waals surface area (Å²) in [5, 5.41) is 2.92. The van der Waals surface area contributed by atoms with Crippen LogP contribution in [0.3, 0.4) is 0 Å². The highest BCUT2D eigenvalue weighted by Crippen LogP contribution is 2.26. The number of nitrogens with one attached hydrogen (secondary N) is 1. The van der Waals surface area contributed by atoms with Gasteiger partial charge in [-0.25, -0.2) is 8.78 Å². The number of benzene rings is 1. The van der Waals surface area contributed by atoms with E-state index in [1.54, 1.807) is 7.05 Å². The van der Waals surface area contributed by atoms with E-state index in [1.165, 1.54) is 18.2 Å². The number of hydrogen-bond donors (Lipinski definition) is 1. The van der Waals surface area contributed by atoms with Gasteiger partial charge in [-0.3, -0.25) is 0 Å². The molecule has 0 spiro atoms. The Balaban J connectivity index is 3.15. The van der Waals surface area contributed by atoms with Crippen LogP contribution in [0.25, 0.3) is 0 Å². The summed E-state index contributed by atoms with van der Waals surface area (Å²) in [4.78, 5) is 0. The van der Waals surface area contributed by atoms with E-state index in [4.69, 9.17) is 0 Å². The Morgan fingerprint density at radius 2 is 1.64 bits per heavy atom.